The Morgan fingerprint density at radius 2 is 2.00 bits per heavy atom. The molecule has 3 heterocycles. The molecule has 0 unspecified atom stereocenters. The molecule has 1 amide bonds. The van der Waals surface area contributed by atoms with Crippen molar-refractivity contribution in [3.8, 4) is 0 Å². The average Bonchev–Trinajstić information content (AvgIpc) is 3.15. The van der Waals surface area contributed by atoms with Gasteiger partial charge in [-0.05, 0) is 36.6 Å². The van der Waals surface area contributed by atoms with Crippen LogP contribution in [-0.2, 0) is 13.0 Å². The van der Waals surface area contributed by atoms with E-state index >= 15 is 0 Å². The van der Waals surface area contributed by atoms with Gasteiger partial charge >= 0.3 is 0 Å². The van der Waals surface area contributed by atoms with E-state index in [9.17, 15) is 4.79 Å². The van der Waals surface area contributed by atoms with Crippen molar-refractivity contribution in [1.29, 1.82) is 0 Å². The maximum Gasteiger partial charge on any atom is 0.257 e. The molecule has 28 heavy (non-hydrogen) atoms. The lowest BCUT2D eigenvalue weighted by Gasteiger charge is -2.23. The van der Waals surface area contributed by atoms with Gasteiger partial charge in [0.25, 0.3) is 5.91 Å². The van der Waals surface area contributed by atoms with E-state index in [-0.39, 0.29) is 5.91 Å². The number of amides is 1. The minimum Gasteiger partial charge on any atom is -0.361 e. The number of aromatic nitrogens is 4. The average molecular weight is 371 g/mol. The molecule has 0 bridgehead atoms. The van der Waals surface area contributed by atoms with Crippen LogP contribution in [0, 0.1) is 6.92 Å². The summed E-state index contributed by atoms with van der Waals surface area (Å²) in [4.78, 5) is 30.7. The van der Waals surface area contributed by atoms with Crippen LogP contribution in [0.3, 0.4) is 0 Å². The van der Waals surface area contributed by atoms with Gasteiger partial charge in [-0.25, -0.2) is 9.97 Å². The van der Waals surface area contributed by atoms with E-state index in [0.717, 1.165) is 17.5 Å². The highest BCUT2D eigenvalue weighted by Gasteiger charge is 2.19. The largest absolute Gasteiger partial charge is 0.361 e. The molecule has 1 N–H and O–H groups in total. The van der Waals surface area contributed by atoms with Gasteiger partial charge in [0.2, 0.25) is 0 Å². The first-order chi connectivity index (χ1) is 13.7. The van der Waals surface area contributed by atoms with Crippen molar-refractivity contribution < 1.29 is 4.79 Å². The van der Waals surface area contributed by atoms with Gasteiger partial charge in [0.1, 0.15) is 6.33 Å². The summed E-state index contributed by atoms with van der Waals surface area (Å²) >= 11 is 0. The molecule has 0 saturated heterocycles. The zero-order chi connectivity index (χ0) is 19.3. The Morgan fingerprint density at radius 1 is 1.11 bits per heavy atom. The summed E-state index contributed by atoms with van der Waals surface area (Å²) in [5.74, 6) is -0.0678. The molecule has 0 aliphatic rings. The van der Waals surface area contributed by atoms with Gasteiger partial charge in [-0.15, -0.1) is 0 Å². The van der Waals surface area contributed by atoms with E-state index < -0.39 is 0 Å². The molecule has 4 aromatic rings. The standard InChI is InChI=1S/C22H21N5O/c1-16-20(13-24-15-26-16)22(28)27(14-17-5-4-9-23-11-17)10-8-18-12-25-21-7-3-2-6-19(18)21/h2-7,9,11-13,15,25H,8,10,14H2,1H3. The molecule has 4 rings (SSSR count). The number of pyridine rings is 1. The summed E-state index contributed by atoms with van der Waals surface area (Å²) in [6.07, 6.45) is 9.35. The number of benzene rings is 1. The number of nitrogens with one attached hydrogen (secondary N) is 1. The number of aromatic amines is 1. The van der Waals surface area contributed by atoms with E-state index in [0.29, 0.717) is 24.3 Å². The lowest BCUT2D eigenvalue weighted by Crippen LogP contribution is -2.33. The first kappa shape index (κ1) is 17.9. The Hall–Kier alpha value is -3.54. The van der Waals surface area contributed by atoms with Crippen LogP contribution in [0.1, 0.15) is 27.2 Å². The lowest BCUT2D eigenvalue weighted by molar-refractivity contribution is 0.0743. The van der Waals surface area contributed by atoms with Crippen molar-refractivity contribution in [1.82, 2.24) is 24.8 Å². The topological polar surface area (TPSA) is 74.8 Å². The van der Waals surface area contributed by atoms with Gasteiger partial charge in [0.05, 0.1) is 11.3 Å². The van der Waals surface area contributed by atoms with Crippen LogP contribution >= 0.6 is 0 Å². The normalized spacial score (nSPS) is 10.9. The van der Waals surface area contributed by atoms with Crippen molar-refractivity contribution in [2.45, 2.75) is 19.9 Å². The van der Waals surface area contributed by atoms with Gasteiger partial charge < -0.3 is 9.88 Å². The molecular weight excluding hydrogens is 350 g/mol. The molecule has 0 atom stereocenters. The molecule has 0 saturated carbocycles. The number of aryl methyl sites for hydroxylation is 1. The summed E-state index contributed by atoms with van der Waals surface area (Å²) < 4.78 is 0. The van der Waals surface area contributed by atoms with Crippen LogP contribution < -0.4 is 0 Å². The Labute approximate surface area is 163 Å². The fraction of sp³-hybridized carbons (Fsp3) is 0.182. The maximum absolute atomic E-state index is 13.2. The van der Waals surface area contributed by atoms with Gasteiger partial charge in [-0.1, -0.05) is 24.3 Å². The summed E-state index contributed by atoms with van der Waals surface area (Å²) in [5.41, 5.74) is 4.51. The van der Waals surface area contributed by atoms with Crippen molar-refractivity contribution >= 4 is 16.8 Å². The third-order valence-electron chi connectivity index (χ3n) is 4.85. The van der Waals surface area contributed by atoms with E-state index in [1.165, 1.54) is 17.3 Å². The fourth-order valence-corrected chi connectivity index (χ4v) is 3.33. The number of H-pyrrole nitrogens is 1. The zero-order valence-electron chi connectivity index (χ0n) is 15.7. The first-order valence-electron chi connectivity index (χ1n) is 9.22. The third kappa shape index (κ3) is 3.76. The van der Waals surface area contributed by atoms with Gasteiger partial charge in [0, 0.05) is 48.8 Å². The summed E-state index contributed by atoms with van der Waals surface area (Å²) in [5, 5.41) is 1.19. The molecule has 6 nitrogen and oxygen atoms in total. The number of fused-ring (bicyclic) bond motifs is 1. The Kier molecular flexibility index (Phi) is 5.10. The van der Waals surface area contributed by atoms with Crippen LogP contribution in [0.15, 0.2) is 67.5 Å². The number of nitrogens with zero attached hydrogens (tertiary/aromatic N) is 4. The third-order valence-corrected chi connectivity index (χ3v) is 4.85. The van der Waals surface area contributed by atoms with Crippen molar-refractivity contribution in [2.75, 3.05) is 6.54 Å². The van der Waals surface area contributed by atoms with E-state index in [1.807, 2.05) is 42.3 Å². The van der Waals surface area contributed by atoms with Gasteiger partial charge in [-0.3, -0.25) is 9.78 Å². The number of rotatable bonds is 6. The second kappa shape index (κ2) is 8.00. The first-order valence-corrected chi connectivity index (χ1v) is 9.22. The Bertz CT molecular complexity index is 1090. The highest BCUT2D eigenvalue weighted by Crippen LogP contribution is 2.19. The molecule has 6 heteroatoms. The summed E-state index contributed by atoms with van der Waals surface area (Å²) in [7, 11) is 0. The van der Waals surface area contributed by atoms with Crippen LogP contribution in [0.5, 0.6) is 0 Å². The fourth-order valence-electron chi connectivity index (χ4n) is 3.33. The Morgan fingerprint density at radius 3 is 2.82 bits per heavy atom. The monoisotopic (exact) mass is 371 g/mol. The highest BCUT2D eigenvalue weighted by atomic mass is 16.2. The summed E-state index contributed by atoms with van der Waals surface area (Å²) in [6.45, 7) is 2.91. The molecule has 0 aliphatic carbocycles. The summed E-state index contributed by atoms with van der Waals surface area (Å²) in [6, 6.07) is 12.1. The van der Waals surface area contributed by atoms with E-state index in [4.69, 9.17) is 0 Å². The molecule has 1 aromatic carbocycles. The second-order valence-electron chi connectivity index (χ2n) is 6.72. The number of carbonyl (C=O) groups excluding carboxylic acids is 1. The van der Waals surface area contributed by atoms with Gasteiger partial charge in [-0.2, -0.15) is 0 Å². The van der Waals surface area contributed by atoms with Crippen LogP contribution in [0.25, 0.3) is 10.9 Å². The second-order valence-corrected chi connectivity index (χ2v) is 6.72. The predicted octanol–water partition coefficient (Wildman–Crippen LogP) is 3.55. The SMILES string of the molecule is Cc1ncncc1C(=O)N(CCc1c[nH]c2ccccc12)Cc1cccnc1. The van der Waals surface area contributed by atoms with Crippen LogP contribution in [-0.4, -0.2) is 37.3 Å². The van der Waals surface area contributed by atoms with Crippen molar-refractivity contribution in [3.05, 3.63) is 89.9 Å². The minimum atomic E-state index is -0.0678. The predicted molar refractivity (Wildman–Crippen MR) is 108 cm³/mol. The van der Waals surface area contributed by atoms with Crippen molar-refractivity contribution in [3.63, 3.8) is 0 Å². The number of hydrogen-bond donors (Lipinski definition) is 1. The molecule has 0 aliphatic heterocycles. The molecule has 0 radical (unpaired) electrons. The molecular formula is C22H21N5O. The highest BCUT2D eigenvalue weighted by molar-refractivity contribution is 5.95. The van der Waals surface area contributed by atoms with E-state index in [1.54, 1.807) is 18.6 Å². The Balaban J connectivity index is 1.59. The maximum atomic E-state index is 13.2. The number of para-hydroxylation sites is 1. The smallest absolute Gasteiger partial charge is 0.257 e. The van der Waals surface area contributed by atoms with Crippen molar-refractivity contribution in [2.24, 2.45) is 0 Å². The van der Waals surface area contributed by atoms with Crippen LogP contribution in [0.4, 0.5) is 0 Å². The molecule has 3 aromatic heterocycles. The molecule has 0 fully saturated rings. The number of carbonyl (C=O) groups is 1. The van der Waals surface area contributed by atoms with Gasteiger partial charge in [0.15, 0.2) is 0 Å². The molecule has 140 valence electrons. The quantitative estimate of drug-likeness (QED) is 0.562. The lowest BCUT2D eigenvalue weighted by atomic mass is 10.1. The minimum absolute atomic E-state index is 0.0678. The van der Waals surface area contributed by atoms with Crippen LogP contribution in [0.2, 0.25) is 0 Å². The number of hydrogen-bond acceptors (Lipinski definition) is 4. The zero-order valence-corrected chi connectivity index (χ0v) is 15.7. The molecule has 0 spiro atoms. The van der Waals surface area contributed by atoms with E-state index in [2.05, 4.69) is 32.1 Å².